The third kappa shape index (κ3) is 2.12. The van der Waals surface area contributed by atoms with Crippen LogP contribution in [0.3, 0.4) is 0 Å². The van der Waals surface area contributed by atoms with Crippen LogP contribution in [0.15, 0.2) is 0 Å². The Labute approximate surface area is 88.1 Å². The van der Waals surface area contributed by atoms with Gasteiger partial charge in [0.1, 0.15) is 0 Å². The molecule has 1 saturated heterocycles. The quantitative estimate of drug-likeness (QED) is 0.741. The molecule has 2 fully saturated rings. The molecule has 1 aliphatic heterocycles. The van der Waals surface area contributed by atoms with Crippen LogP contribution in [0.25, 0.3) is 0 Å². The summed E-state index contributed by atoms with van der Waals surface area (Å²) in [6.45, 7) is 9.46. The molecule has 0 bridgehead atoms. The van der Waals surface area contributed by atoms with Crippen molar-refractivity contribution in [3.05, 3.63) is 0 Å². The summed E-state index contributed by atoms with van der Waals surface area (Å²) < 4.78 is 0. The highest BCUT2D eigenvalue weighted by Gasteiger charge is 2.37. The first kappa shape index (κ1) is 10.4. The van der Waals surface area contributed by atoms with Gasteiger partial charge in [0, 0.05) is 31.2 Å². The zero-order chi connectivity index (χ0) is 10.1. The van der Waals surface area contributed by atoms with Crippen LogP contribution in [0, 0.1) is 5.92 Å². The van der Waals surface area contributed by atoms with E-state index >= 15 is 0 Å². The Morgan fingerprint density at radius 3 is 2.57 bits per heavy atom. The van der Waals surface area contributed by atoms with Gasteiger partial charge in [-0.25, -0.2) is 0 Å². The van der Waals surface area contributed by atoms with Crippen LogP contribution >= 0.6 is 0 Å². The topological polar surface area (TPSA) is 15.3 Å². The molecule has 2 heteroatoms. The molecule has 1 N–H and O–H groups in total. The summed E-state index contributed by atoms with van der Waals surface area (Å²) in [5, 5.41) is 3.69. The predicted molar refractivity (Wildman–Crippen MR) is 60.4 cm³/mol. The molecule has 14 heavy (non-hydrogen) atoms. The van der Waals surface area contributed by atoms with E-state index in [2.05, 4.69) is 31.0 Å². The van der Waals surface area contributed by atoms with Crippen LogP contribution in [0.1, 0.15) is 40.0 Å². The van der Waals surface area contributed by atoms with Gasteiger partial charge >= 0.3 is 0 Å². The first-order valence-electron chi connectivity index (χ1n) is 6.21. The van der Waals surface area contributed by atoms with E-state index in [1.807, 2.05) is 0 Å². The van der Waals surface area contributed by atoms with E-state index in [0.29, 0.717) is 0 Å². The normalized spacial score (nSPS) is 35.1. The smallest absolute Gasteiger partial charge is 0.0221 e. The maximum absolute atomic E-state index is 3.69. The van der Waals surface area contributed by atoms with Crippen molar-refractivity contribution in [1.82, 2.24) is 10.2 Å². The highest BCUT2D eigenvalue weighted by molar-refractivity contribution is 4.95. The van der Waals surface area contributed by atoms with Gasteiger partial charge in [0.15, 0.2) is 0 Å². The number of nitrogens with zero attached hydrogens (tertiary/aromatic N) is 1. The Morgan fingerprint density at radius 1 is 1.36 bits per heavy atom. The zero-order valence-corrected chi connectivity index (χ0v) is 9.79. The van der Waals surface area contributed by atoms with E-state index in [9.17, 15) is 0 Å². The van der Waals surface area contributed by atoms with E-state index in [-0.39, 0.29) is 0 Å². The van der Waals surface area contributed by atoms with Crippen molar-refractivity contribution in [1.29, 1.82) is 0 Å². The standard InChI is InChI=1S/C12H24N2/c1-4-10-7-13-12(9(2)3)8-14(10)11-5-6-11/h9-13H,4-8H2,1-3H3. The molecule has 0 aromatic rings. The third-order valence-corrected chi connectivity index (χ3v) is 3.78. The average Bonchev–Trinajstić information content (AvgIpc) is 3.00. The van der Waals surface area contributed by atoms with Gasteiger partial charge in [0.2, 0.25) is 0 Å². The largest absolute Gasteiger partial charge is 0.311 e. The monoisotopic (exact) mass is 196 g/mol. The van der Waals surface area contributed by atoms with Crippen molar-refractivity contribution in [3.63, 3.8) is 0 Å². The Hall–Kier alpha value is -0.0800. The van der Waals surface area contributed by atoms with Gasteiger partial charge in [-0.05, 0) is 25.2 Å². The molecule has 0 aromatic heterocycles. The van der Waals surface area contributed by atoms with Gasteiger partial charge in [0.05, 0.1) is 0 Å². The summed E-state index contributed by atoms with van der Waals surface area (Å²) in [6.07, 6.45) is 4.19. The molecule has 1 aliphatic carbocycles. The van der Waals surface area contributed by atoms with Crippen LogP contribution in [0.4, 0.5) is 0 Å². The molecule has 2 atom stereocenters. The van der Waals surface area contributed by atoms with Gasteiger partial charge < -0.3 is 5.32 Å². The van der Waals surface area contributed by atoms with Gasteiger partial charge in [-0.3, -0.25) is 4.90 Å². The lowest BCUT2D eigenvalue weighted by Gasteiger charge is -2.41. The minimum absolute atomic E-state index is 0.721. The highest BCUT2D eigenvalue weighted by Crippen LogP contribution is 2.31. The molecule has 82 valence electrons. The number of piperazine rings is 1. The SMILES string of the molecule is CCC1CNC(C(C)C)CN1C1CC1. The van der Waals surface area contributed by atoms with Crippen LogP contribution in [0.2, 0.25) is 0 Å². The van der Waals surface area contributed by atoms with E-state index in [1.165, 1.54) is 32.4 Å². The summed E-state index contributed by atoms with van der Waals surface area (Å²) in [5.41, 5.74) is 0. The Kier molecular flexibility index (Phi) is 3.13. The van der Waals surface area contributed by atoms with Crippen LogP contribution in [-0.4, -0.2) is 36.1 Å². The van der Waals surface area contributed by atoms with E-state index in [4.69, 9.17) is 0 Å². The maximum Gasteiger partial charge on any atom is 0.0221 e. The second-order valence-electron chi connectivity index (χ2n) is 5.25. The molecule has 1 saturated carbocycles. The Balaban J connectivity index is 1.94. The maximum atomic E-state index is 3.69. The second-order valence-corrected chi connectivity index (χ2v) is 5.25. The minimum Gasteiger partial charge on any atom is -0.311 e. The van der Waals surface area contributed by atoms with Gasteiger partial charge in [-0.15, -0.1) is 0 Å². The van der Waals surface area contributed by atoms with E-state index < -0.39 is 0 Å². The fourth-order valence-corrected chi connectivity index (χ4v) is 2.52. The number of hydrogen-bond acceptors (Lipinski definition) is 2. The lowest BCUT2D eigenvalue weighted by molar-refractivity contribution is 0.103. The number of rotatable bonds is 3. The lowest BCUT2D eigenvalue weighted by Crippen LogP contribution is -2.58. The summed E-state index contributed by atoms with van der Waals surface area (Å²) >= 11 is 0. The summed E-state index contributed by atoms with van der Waals surface area (Å²) in [4.78, 5) is 2.77. The molecule has 0 spiro atoms. The van der Waals surface area contributed by atoms with Crippen LogP contribution in [-0.2, 0) is 0 Å². The van der Waals surface area contributed by atoms with Crippen molar-refractivity contribution < 1.29 is 0 Å². The van der Waals surface area contributed by atoms with Gasteiger partial charge in [-0.2, -0.15) is 0 Å². The van der Waals surface area contributed by atoms with Crippen molar-refractivity contribution >= 4 is 0 Å². The Morgan fingerprint density at radius 2 is 2.07 bits per heavy atom. The zero-order valence-electron chi connectivity index (χ0n) is 9.79. The van der Waals surface area contributed by atoms with Gasteiger partial charge in [-0.1, -0.05) is 20.8 Å². The lowest BCUT2D eigenvalue weighted by atomic mass is 9.98. The molecule has 0 radical (unpaired) electrons. The second kappa shape index (κ2) is 4.19. The average molecular weight is 196 g/mol. The van der Waals surface area contributed by atoms with Gasteiger partial charge in [0.25, 0.3) is 0 Å². The number of nitrogens with one attached hydrogen (secondary N) is 1. The van der Waals surface area contributed by atoms with Crippen molar-refractivity contribution in [2.75, 3.05) is 13.1 Å². The van der Waals surface area contributed by atoms with Crippen molar-refractivity contribution in [2.24, 2.45) is 5.92 Å². The van der Waals surface area contributed by atoms with E-state index in [1.54, 1.807) is 0 Å². The fourth-order valence-electron chi connectivity index (χ4n) is 2.52. The highest BCUT2D eigenvalue weighted by atomic mass is 15.3. The first-order valence-corrected chi connectivity index (χ1v) is 6.21. The van der Waals surface area contributed by atoms with Crippen molar-refractivity contribution in [2.45, 2.75) is 58.2 Å². The molecule has 0 amide bonds. The molecule has 2 unspecified atom stereocenters. The first-order chi connectivity index (χ1) is 6.72. The van der Waals surface area contributed by atoms with Crippen LogP contribution < -0.4 is 5.32 Å². The predicted octanol–water partition coefficient (Wildman–Crippen LogP) is 1.86. The third-order valence-electron chi connectivity index (χ3n) is 3.78. The molecular weight excluding hydrogens is 172 g/mol. The van der Waals surface area contributed by atoms with E-state index in [0.717, 1.165) is 24.0 Å². The summed E-state index contributed by atoms with van der Waals surface area (Å²) in [7, 11) is 0. The minimum atomic E-state index is 0.721. The Bertz CT molecular complexity index is 187. The number of hydrogen-bond donors (Lipinski definition) is 1. The summed E-state index contributed by atoms with van der Waals surface area (Å²) in [6, 6.07) is 2.46. The van der Waals surface area contributed by atoms with Crippen molar-refractivity contribution in [3.8, 4) is 0 Å². The molecular formula is C12H24N2. The van der Waals surface area contributed by atoms with Crippen LogP contribution in [0.5, 0.6) is 0 Å². The fraction of sp³-hybridized carbons (Fsp3) is 1.00. The molecule has 2 rings (SSSR count). The molecule has 0 aromatic carbocycles. The molecule has 2 aliphatic rings. The summed E-state index contributed by atoms with van der Waals surface area (Å²) in [5.74, 6) is 0.772. The molecule has 2 nitrogen and oxygen atoms in total. The molecule has 1 heterocycles.